The number of anilines is 1. The molecule has 1 aromatic carbocycles. The van der Waals surface area contributed by atoms with Gasteiger partial charge >= 0.3 is 0 Å². The van der Waals surface area contributed by atoms with Crippen LogP contribution in [0.5, 0.6) is 0 Å². The van der Waals surface area contributed by atoms with Crippen molar-refractivity contribution in [2.45, 2.75) is 25.4 Å². The first-order valence-electron chi connectivity index (χ1n) is 10.9. The van der Waals surface area contributed by atoms with Gasteiger partial charge in [-0.3, -0.25) is 14.7 Å². The van der Waals surface area contributed by atoms with Crippen molar-refractivity contribution in [3.05, 3.63) is 78.1 Å². The highest BCUT2D eigenvalue weighted by molar-refractivity contribution is 14.0. The maximum Gasteiger partial charge on any atom is 0.291 e. The number of halogens is 1. The predicted octanol–water partition coefficient (Wildman–Crippen LogP) is 4.25. The van der Waals surface area contributed by atoms with Crippen LogP contribution in [0, 0.1) is 0 Å². The predicted molar refractivity (Wildman–Crippen MR) is 139 cm³/mol. The van der Waals surface area contributed by atoms with E-state index < -0.39 is 0 Å². The Morgan fingerprint density at radius 2 is 1.85 bits per heavy atom. The van der Waals surface area contributed by atoms with Crippen LogP contribution in [0.3, 0.4) is 0 Å². The van der Waals surface area contributed by atoms with Crippen molar-refractivity contribution in [1.82, 2.24) is 15.5 Å². The van der Waals surface area contributed by atoms with Crippen LogP contribution < -0.4 is 16.0 Å². The summed E-state index contributed by atoms with van der Waals surface area (Å²) in [5, 5.41) is 9.62. The molecule has 8 nitrogen and oxygen atoms in total. The molecule has 33 heavy (non-hydrogen) atoms. The largest absolute Gasteiger partial charge is 0.468 e. The van der Waals surface area contributed by atoms with Crippen molar-refractivity contribution in [2.24, 2.45) is 4.99 Å². The SMILES string of the molecule is CN=C(NCc1cccc(NC(=O)c2ccco2)c1)NCC(c1ccco1)N1CCCC1.I. The second-order valence-corrected chi connectivity index (χ2v) is 7.71. The maximum atomic E-state index is 12.2. The smallest absolute Gasteiger partial charge is 0.291 e. The normalized spacial score (nSPS) is 15.0. The molecule has 0 spiro atoms. The third-order valence-electron chi connectivity index (χ3n) is 5.53. The Kier molecular flexibility index (Phi) is 9.37. The first-order chi connectivity index (χ1) is 15.7. The van der Waals surface area contributed by atoms with Crippen molar-refractivity contribution in [1.29, 1.82) is 0 Å². The molecule has 176 valence electrons. The van der Waals surface area contributed by atoms with E-state index in [0.29, 0.717) is 24.7 Å². The molecule has 1 aliphatic heterocycles. The summed E-state index contributed by atoms with van der Waals surface area (Å²) in [7, 11) is 1.76. The van der Waals surface area contributed by atoms with Crippen molar-refractivity contribution >= 4 is 41.5 Å². The summed E-state index contributed by atoms with van der Waals surface area (Å²) in [5.41, 5.74) is 1.73. The van der Waals surface area contributed by atoms with Gasteiger partial charge in [-0.25, -0.2) is 0 Å². The Bertz CT molecular complexity index is 1010. The summed E-state index contributed by atoms with van der Waals surface area (Å²) in [6.45, 7) is 3.43. The zero-order chi connectivity index (χ0) is 22.2. The lowest BCUT2D eigenvalue weighted by Gasteiger charge is -2.26. The summed E-state index contributed by atoms with van der Waals surface area (Å²) in [5.74, 6) is 1.69. The van der Waals surface area contributed by atoms with Gasteiger partial charge < -0.3 is 24.8 Å². The van der Waals surface area contributed by atoms with Gasteiger partial charge in [-0.2, -0.15) is 0 Å². The highest BCUT2D eigenvalue weighted by Crippen LogP contribution is 2.24. The fourth-order valence-electron chi connectivity index (χ4n) is 3.90. The number of aliphatic imine (C=N–C) groups is 1. The minimum absolute atomic E-state index is 0. The fourth-order valence-corrected chi connectivity index (χ4v) is 3.90. The minimum Gasteiger partial charge on any atom is -0.468 e. The fraction of sp³-hybridized carbons (Fsp3) is 0.333. The van der Waals surface area contributed by atoms with Crippen LogP contribution in [0.1, 0.15) is 40.8 Å². The molecule has 2 aromatic heterocycles. The zero-order valence-corrected chi connectivity index (χ0v) is 21.0. The van der Waals surface area contributed by atoms with E-state index in [9.17, 15) is 4.79 Å². The molecule has 0 aliphatic carbocycles. The van der Waals surface area contributed by atoms with E-state index in [-0.39, 0.29) is 41.7 Å². The molecule has 1 fully saturated rings. The number of furan rings is 2. The van der Waals surface area contributed by atoms with Crippen LogP contribution in [-0.4, -0.2) is 43.4 Å². The van der Waals surface area contributed by atoms with E-state index in [0.717, 1.165) is 24.4 Å². The van der Waals surface area contributed by atoms with E-state index in [1.165, 1.54) is 19.1 Å². The Hall–Kier alpha value is -2.79. The quantitative estimate of drug-likeness (QED) is 0.216. The van der Waals surface area contributed by atoms with Gasteiger partial charge in [-0.05, 0) is 67.9 Å². The maximum absolute atomic E-state index is 12.2. The van der Waals surface area contributed by atoms with E-state index in [2.05, 4.69) is 25.8 Å². The Morgan fingerprint density at radius 3 is 2.55 bits per heavy atom. The molecule has 1 unspecified atom stereocenters. The van der Waals surface area contributed by atoms with E-state index in [4.69, 9.17) is 8.83 Å². The number of carbonyl (C=O) groups excluding carboxylic acids is 1. The van der Waals surface area contributed by atoms with Gasteiger partial charge in [0.25, 0.3) is 5.91 Å². The number of nitrogens with one attached hydrogen (secondary N) is 3. The molecule has 1 atom stereocenters. The van der Waals surface area contributed by atoms with E-state index >= 15 is 0 Å². The highest BCUT2D eigenvalue weighted by Gasteiger charge is 2.25. The minimum atomic E-state index is -0.275. The molecule has 1 saturated heterocycles. The first kappa shape index (κ1) is 24.8. The Labute approximate surface area is 210 Å². The van der Waals surface area contributed by atoms with Crippen molar-refractivity contribution in [3.8, 4) is 0 Å². The number of nitrogens with zero attached hydrogens (tertiary/aromatic N) is 2. The van der Waals surface area contributed by atoms with Crippen LogP contribution in [-0.2, 0) is 6.54 Å². The number of rotatable bonds is 8. The molecule has 1 amide bonds. The standard InChI is InChI=1S/C24H29N5O3.HI/c1-25-24(27-17-20(21-9-5-13-31-21)29-11-2-3-12-29)26-16-18-7-4-8-19(15-18)28-23(30)22-10-6-14-32-22;/h4-10,13-15,20H,2-3,11-12,16-17H2,1H3,(H,28,30)(H2,25,26,27);1H. The van der Waals surface area contributed by atoms with Gasteiger partial charge in [0, 0.05) is 25.8 Å². The lowest BCUT2D eigenvalue weighted by Crippen LogP contribution is -2.42. The molecular weight excluding hydrogens is 533 g/mol. The lowest BCUT2D eigenvalue weighted by atomic mass is 10.2. The monoisotopic (exact) mass is 563 g/mol. The van der Waals surface area contributed by atoms with Gasteiger partial charge in [0.05, 0.1) is 18.6 Å². The molecule has 1 aliphatic rings. The summed E-state index contributed by atoms with van der Waals surface area (Å²) in [4.78, 5) is 19.0. The highest BCUT2D eigenvalue weighted by atomic mass is 127. The Morgan fingerprint density at radius 1 is 1.06 bits per heavy atom. The molecule has 3 N–H and O–H groups in total. The van der Waals surface area contributed by atoms with Gasteiger partial charge in [0.15, 0.2) is 11.7 Å². The summed E-state index contributed by atoms with van der Waals surface area (Å²) in [6, 6.07) is 15.1. The van der Waals surface area contributed by atoms with Crippen LogP contribution in [0.25, 0.3) is 0 Å². The average molecular weight is 563 g/mol. The van der Waals surface area contributed by atoms with Crippen LogP contribution >= 0.6 is 24.0 Å². The van der Waals surface area contributed by atoms with Crippen molar-refractivity contribution in [2.75, 3.05) is 32.0 Å². The van der Waals surface area contributed by atoms with Gasteiger partial charge in [-0.15, -0.1) is 24.0 Å². The van der Waals surface area contributed by atoms with Crippen molar-refractivity contribution < 1.29 is 13.6 Å². The van der Waals surface area contributed by atoms with Gasteiger partial charge in [0.1, 0.15) is 5.76 Å². The summed E-state index contributed by atoms with van der Waals surface area (Å²) < 4.78 is 10.8. The average Bonchev–Trinajstić information content (AvgIpc) is 3.59. The van der Waals surface area contributed by atoms with Crippen LogP contribution in [0.2, 0.25) is 0 Å². The number of amides is 1. The van der Waals surface area contributed by atoms with Gasteiger partial charge in [0.2, 0.25) is 0 Å². The molecule has 3 aromatic rings. The number of likely N-dealkylation sites (tertiary alicyclic amines) is 1. The molecule has 0 radical (unpaired) electrons. The van der Waals surface area contributed by atoms with Crippen LogP contribution in [0.15, 0.2) is 74.9 Å². The second-order valence-electron chi connectivity index (χ2n) is 7.71. The summed E-state index contributed by atoms with van der Waals surface area (Å²) in [6.07, 6.45) is 5.64. The summed E-state index contributed by atoms with van der Waals surface area (Å²) >= 11 is 0. The van der Waals surface area contributed by atoms with Crippen molar-refractivity contribution in [3.63, 3.8) is 0 Å². The number of hydrogen-bond acceptors (Lipinski definition) is 5. The molecule has 0 bridgehead atoms. The first-order valence-corrected chi connectivity index (χ1v) is 10.9. The Balaban J connectivity index is 0.00000306. The molecule has 4 rings (SSSR count). The zero-order valence-electron chi connectivity index (χ0n) is 18.6. The topological polar surface area (TPSA) is 95.0 Å². The number of benzene rings is 1. The van der Waals surface area contributed by atoms with Gasteiger partial charge in [-0.1, -0.05) is 12.1 Å². The molecule has 9 heteroatoms. The number of guanidine groups is 1. The molecule has 3 heterocycles. The lowest BCUT2D eigenvalue weighted by molar-refractivity contribution is 0.0996. The number of hydrogen-bond donors (Lipinski definition) is 3. The number of carbonyl (C=O) groups is 1. The second kappa shape index (κ2) is 12.4. The third kappa shape index (κ3) is 6.84. The van der Waals surface area contributed by atoms with E-state index in [1.54, 1.807) is 25.4 Å². The van der Waals surface area contributed by atoms with Crippen LogP contribution in [0.4, 0.5) is 5.69 Å². The molecule has 0 saturated carbocycles. The molecular formula is C24H30IN5O3. The third-order valence-corrected chi connectivity index (χ3v) is 5.53. The van der Waals surface area contributed by atoms with E-state index in [1.807, 2.05) is 36.4 Å².